The standard InChI is InChI=1S/C18H32N2O/c1-17(21-2)4-3-5-20(12-17)18(11-19)15-7-13-6-14(9-15)10-16(18)8-13/h13-16H,3-12,19H2,1-2H3. The number of nitrogens with zero attached hydrogens (tertiary/aromatic N) is 1. The van der Waals surface area contributed by atoms with Crippen molar-refractivity contribution in [3.63, 3.8) is 0 Å². The maximum atomic E-state index is 6.47. The lowest BCUT2D eigenvalue weighted by Gasteiger charge is -2.66. The van der Waals surface area contributed by atoms with E-state index < -0.39 is 0 Å². The van der Waals surface area contributed by atoms with E-state index in [0.717, 1.165) is 36.8 Å². The van der Waals surface area contributed by atoms with Gasteiger partial charge in [-0.3, -0.25) is 4.90 Å². The highest BCUT2D eigenvalue weighted by molar-refractivity contribution is 5.13. The smallest absolute Gasteiger partial charge is 0.0777 e. The van der Waals surface area contributed by atoms with E-state index in [1.165, 1.54) is 51.5 Å². The zero-order valence-electron chi connectivity index (χ0n) is 13.8. The number of piperidine rings is 1. The number of rotatable bonds is 3. The first-order valence-electron chi connectivity index (χ1n) is 9.10. The van der Waals surface area contributed by atoms with Crippen LogP contribution in [0.5, 0.6) is 0 Å². The van der Waals surface area contributed by atoms with Crippen LogP contribution >= 0.6 is 0 Å². The van der Waals surface area contributed by atoms with Gasteiger partial charge >= 0.3 is 0 Å². The van der Waals surface area contributed by atoms with Crippen molar-refractivity contribution >= 4 is 0 Å². The van der Waals surface area contributed by atoms with Gasteiger partial charge in [0.15, 0.2) is 0 Å². The predicted molar refractivity (Wildman–Crippen MR) is 85.1 cm³/mol. The Bertz CT molecular complexity index is 382. The van der Waals surface area contributed by atoms with E-state index in [9.17, 15) is 0 Å². The van der Waals surface area contributed by atoms with Crippen molar-refractivity contribution in [3.05, 3.63) is 0 Å². The monoisotopic (exact) mass is 292 g/mol. The van der Waals surface area contributed by atoms with E-state index >= 15 is 0 Å². The fourth-order valence-electron chi connectivity index (χ4n) is 6.71. The molecule has 120 valence electrons. The summed E-state index contributed by atoms with van der Waals surface area (Å²) in [5.74, 6) is 3.76. The molecule has 1 heterocycles. The van der Waals surface area contributed by atoms with Gasteiger partial charge in [0, 0.05) is 25.7 Å². The summed E-state index contributed by atoms with van der Waals surface area (Å²) in [6, 6.07) is 0. The fourth-order valence-corrected chi connectivity index (χ4v) is 6.71. The molecular weight excluding hydrogens is 260 g/mol. The molecule has 0 aromatic heterocycles. The molecule has 5 fully saturated rings. The minimum Gasteiger partial charge on any atom is -0.377 e. The van der Waals surface area contributed by atoms with Crippen LogP contribution in [0.15, 0.2) is 0 Å². The van der Waals surface area contributed by atoms with Gasteiger partial charge in [0.1, 0.15) is 0 Å². The maximum Gasteiger partial charge on any atom is 0.0777 e. The van der Waals surface area contributed by atoms with Gasteiger partial charge in [-0.2, -0.15) is 0 Å². The summed E-state index contributed by atoms with van der Waals surface area (Å²) in [5, 5.41) is 0. The molecule has 0 aromatic carbocycles. The molecule has 1 aliphatic heterocycles. The minimum absolute atomic E-state index is 0.0368. The quantitative estimate of drug-likeness (QED) is 0.869. The minimum atomic E-state index is 0.0368. The van der Waals surface area contributed by atoms with Crippen molar-refractivity contribution in [1.82, 2.24) is 4.90 Å². The Morgan fingerprint density at radius 1 is 1.10 bits per heavy atom. The van der Waals surface area contributed by atoms with E-state index in [1.54, 1.807) is 0 Å². The lowest BCUT2D eigenvalue weighted by atomic mass is 9.48. The zero-order chi connectivity index (χ0) is 14.7. The molecular formula is C18H32N2O. The number of hydrogen-bond acceptors (Lipinski definition) is 3. The van der Waals surface area contributed by atoms with E-state index in [1.807, 2.05) is 7.11 Å². The van der Waals surface area contributed by atoms with Gasteiger partial charge < -0.3 is 10.5 Å². The third-order valence-corrected chi connectivity index (χ3v) is 7.62. The second kappa shape index (κ2) is 4.94. The number of likely N-dealkylation sites (tertiary alicyclic amines) is 1. The Hall–Kier alpha value is -0.120. The van der Waals surface area contributed by atoms with E-state index in [4.69, 9.17) is 10.5 Å². The highest BCUT2D eigenvalue weighted by Gasteiger charge is 2.59. The Kier molecular flexibility index (Phi) is 3.40. The van der Waals surface area contributed by atoms with Gasteiger partial charge in [0.25, 0.3) is 0 Å². The first-order chi connectivity index (χ1) is 10.1. The predicted octanol–water partition coefficient (Wildman–Crippen LogP) is 2.64. The van der Waals surface area contributed by atoms with Crippen LogP contribution in [-0.2, 0) is 4.74 Å². The molecule has 3 nitrogen and oxygen atoms in total. The van der Waals surface area contributed by atoms with Crippen LogP contribution in [0.25, 0.3) is 0 Å². The van der Waals surface area contributed by atoms with Gasteiger partial charge in [-0.1, -0.05) is 0 Å². The van der Waals surface area contributed by atoms with Crippen molar-refractivity contribution < 1.29 is 4.74 Å². The molecule has 4 saturated carbocycles. The van der Waals surface area contributed by atoms with E-state index in [-0.39, 0.29) is 5.60 Å². The third kappa shape index (κ3) is 2.04. The second-order valence-electron chi connectivity index (χ2n) is 8.68. The first-order valence-corrected chi connectivity index (χ1v) is 9.10. The van der Waals surface area contributed by atoms with Crippen molar-refractivity contribution in [2.75, 3.05) is 26.7 Å². The fraction of sp³-hybridized carbons (Fsp3) is 1.00. The van der Waals surface area contributed by atoms with Crippen molar-refractivity contribution in [3.8, 4) is 0 Å². The Morgan fingerprint density at radius 2 is 1.71 bits per heavy atom. The molecule has 2 N–H and O–H groups in total. The molecule has 0 radical (unpaired) electrons. The Balaban J connectivity index is 1.64. The van der Waals surface area contributed by atoms with Gasteiger partial charge in [-0.25, -0.2) is 0 Å². The van der Waals surface area contributed by atoms with Crippen LogP contribution < -0.4 is 5.73 Å². The molecule has 5 rings (SSSR count). The van der Waals surface area contributed by atoms with Gasteiger partial charge in [-0.05, 0) is 82.1 Å². The normalized spacial score (nSPS) is 53.3. The van der Waals surface area contributed by atoms with Crippen LogP contribution in [0.3, 0.4) is 0 Å². The number of ether oxygens (including phenoxy) is 1. The van der Waals surface area contributed by atoms with Crippen LogP contribution in [0.2, 0.25) is 0 Å². The first kappa shape index (κ1) is 14.5. The van der Waals surface area contributed by atoms with Gasteiger partial charge in [0.2, 0.25) is 0 Å². The van der Waals surface area contributed by atoms with E-state index in [2.05, 4.69) is 11.8 Å². The van der Waals surface area contributed by atoms with Crippen LogP contribution in [0.1, 0.15) is 51.9 Å². The lowest BCUT2D eigenvalue weighted by Crippen LogP contribution is -2.71. The molecule has 1 saturated heterocycles. The SMILES string of the molecule is COC1(C)CCCN(C2(CN)C3CC4CC(C3)CC2C4)C1. The summed E-state index contributed by atoms with van der Waals surface area (Å²) in [4.78, 5) is 2.78. The third-order valence-electron chi connectivity index (χ3n) is 7.62. The van der Waals surface area contributed by atoms with Gasteiger partial charge in [0.05, 0.1) is 5.60 Å². The second-order valence-corrected chi connectivity index (χ2v) is 8.68. The molecule has 4 aliphatic carbocycles. The summed E-state index contributed by atoms with van der Waals surface area (Å²) in [6.45, 7) is 5.47. The summed E-state index contributed by atoms with van der Waals surface area (Å²) >= 11 is 0. The summed E-state index contributed by atoms with van der Waals surface area (Å²) in [5.41, 5.74) is 6.80. The van der Waals surface area contributed by atoms with E-state index in [0.29, 0.717) is 5.54 Å². The molecule has 4 bridgehead atoms. The van der Waals surface area contributed by atoms with Crippen molar-refractivity contribution in [2.24, 2.45) is 29.4 Å². The largest absolute Gasteiger partial charge is 0.377 e. The summed E-state index contributed by atoms with van der Waals surface area (Å²) in [6.07, 6.45) is 9.77. The topological polar surface area (TPSA) is 38.5 Å². The average molecular weight is 292 g/mol. The van der Waals surface area contributed by atoms with Gasteiger partial charge in [-0.15, -0.1) is 0 Å². The highest BCUT2D eigenvalue weighted by Crippen LogP contribution is 2.60. The zero-order valence-corrected chi connectivity index (χ0v) is 13.8. The summed E-state index contributed by atoms with van der Waals surface area (Å²) < 4.78 is 5.86. The molecule has 0 aromatic rings. The molecule has 21 heavy (non-hydrogen) atoms. The Labute approximate surface area is 129 Å². The number of hydrogen-bond donors (Lipinski definition) is 1. The molecule has 1 atom stereocenters. The molecule has 0 spiro atoms. The average Bonchev–Trinajstić information content (AvgIpc) is 2.47. The highest BCUT2D eigenvalue weighted by atomic mass is 16.5. The molecule has 0 amide bonds. The van der Waals surface area contributed by atoms with Crippen LogP contribution in [0.4, 0.5) is 0 Å². The Morgan fingerprint density at radius 3 is 2.24 bits per heavy atom. The van der Waals surface area contributed by atoms with Crippen molar-refractivity contribution in [1.29, 1.82) is 0 Å². The van der Waals surface area contributed by atoms with Crippen LogP contribution in [-0.4, -0.2) is 42.8 Å². The number of nitrogens with two attached hydrogens (primary N) is 1. The molecule has 1 unspecified atom stereocenters. The van der Waals surface area contributed by atoms with Crippen molar-refractivity contribution in [2.45, 2.75) is 63.0 Å². The summed E-state index contributed by atoms with van der Waals surface area (Å²) in [7, 11) is 1.88. The molecule has 5 aliphatic rings. The maximum absolute atomic E-state index is 6.47. The number of methoxy groups -OCH3 is 1. The van der Waals surface area contributed by atoms with Crippen LogP contribution in [0, 0.1) is 23.7 Å². The molecule has 3 heteroatoms. The lowest BCUT2D eigenvalue weighted by molar-refractivity contribution is -0.164.